The van der Waals surface area contributed by atoms with Gasteiger partial charge in [-0.25, -0.2) is 4.98 Å². The van der Waals surface area contributed by atoms with Gasteiger partial charge < -0.3 is 0 Å². The number of carbonyl (C=O) groups excluding carboxylic acids is 1. The van der Waals surface area contributed by atoms with Crippen LogP contribution in [0.2, 0.25) is 0 Å². The van der Waals surface area contributed by atoms with Gasteiger partial charge in [0.15, 0.2) is 0 Å². The minimum absolute atomic E-state index is 0.0822. The van der Waals surface area contributed by atoms with Gasteiger partial charge in [-0.1, -0.05) is 30.8 Å². The number of hydrogen-bond donors (Lipinski definition) is 0. The van der Waals surface area contributed by atoms with Crippen LogP contribution in [0.4, 0.5) is 5.82 Å². The van der Waals surface area contributed by atoms with Crippen molar-refractivity contribution in [2.24, 2.45) is 0 Å². The minimum Gasteiger partial charge on any atom is -0.268 e. The van der Waals surface area contributed by atoms with Crippen LogP contribution in [-0.4, -0.2) is 10.9 Å². The van der Waals surface area contributed by atoms with Gasteiger partial charge >= 0.3 is 0 Å². The molecule has 18 heavy (non-hydrogen) atoms. The predicted octanol–water partition coefficient (Wildman–Crippen LogP) is 3.48. The van der Waals surface area contributed by atoms with E-state index < -0.39 is 0 Å². The van der Waals surface area contributed by atoms with Crippen molar-refractivity contribution in [3.63, 3.8) is 0 Å². The van der Waals surface area contributed by atoms with Gasteiger partial charge in [0.2, 0.25) is 0 Å². The zero-order chi connectivity index (χ0) is 12.7. The molecule has 0 spiro atoms. The van der Waals surface area contributed by atoms with Gasteiger partial charge in [-0.15, -0.1) is 0 Å². The lowest BCUT2D eigenvalue weighted by Crippen LogP contribution is -2.22. The molecule has 4 heteroatoms. The summed E-state index contributed by atoms with van der Waals surface area (Å²) in [5.74, 6) is 0.497. The molecule has 0 saturated carbocycles. The maximum absolute atomic E-state index is 12.3. The van der Waals surface area contributed by atoms with E-state index in [-0.39, 0.29) is 5.91 Å². The van der Waals surface area contributed by atoms with E-state index in [1.165, 1.54) is 4.90 Å². The maximum atomic E-state index is 12.3. The normalized spacial score (nSPS) is 13.9. The summed E-state index contributed by atoms with van der Waals surface area (Å²) < 4.78 is 0.691. The van der Waals surface area contributed by atoms with Gasteiger partial charge in [-0.2, -0.15) is 0 Å². The quantitative estimate of drug-likeness (QED) is 0.756. The Hall–Kier alpha value is -1.94. The Labute approximate surface area is 113 Å². The lowest BCUT2D eigenvalue weighted by Gasteiger charge is -2.16. The smallest absolute Gasteiger partial charge is 0.264 e. The van der Waals surface area contributed by atoms with Crippen LogP contribution in [0.25, 0.3) is 5.70 Å². The summed E-state index contributed by atoms with van der Waals surface area (Å²) in [6.45, 7) is 3.98. The first-order valence-corrected chi connectivity index (χ1v) is 6.23. The Morgan fingerprint density at radius 2 is 1.78 bits per heavy atom. The number of amides is 1. The molecule has 1 aromatic heterocycles. The van der Waals surface area contributed by atoms with E-state index in [2.05, 4.69) is 27.5 Å². The zero-order valence-corrected chi connectivity index (χ0v) is 11.0. The average Bonchev–Trinajstić information content (AvgIpc) is 2.63. The molecule has 0 saturated heterocycles. The number of benzene rings is 1. The molecule has 0 atom stereocenters. The minimum atomic E-state index is -0.0822. The molecule has 1 aromatic carbocycles. The third-order valence-electron chi connectivity index (χ3n) is 2.87. The third-order valence-corrected chi connectivity index (χ3v) is 3.31. The number of rotatable bonds is 1. The summed E-state index contributed by atoms with van der Waals surface area (Å²) >= 11 is 3.31. The lowest BCUT2D eigenvalue weighted by molar-refractivity contribution is 0.101. The first-order valence-electron chi connectivity index (χ1n) is 5.44. The monoisotopic (exact) mass is 300 g/mol. The molecule has 3 rings (SSSR count). The van der Waals surface area contributed by atoms with Gasteiger partial charge in [-0.05, 0) is 34.1 Å². The van der Waals surface area contributed by atoms with Crippen LogP contribution in [0.1, 0.15) is 15.9 Å². The van der Waals surface area contributed by atoms with Crippen LogP contribution in [0.5, 0.6) is 0 Å². The average molecular weight is 301 g/mol. The fraction of sp³-hybridized carbons (Fsp3) is 0. The van der Waals surface area contributed by atoms with Crippen molar-refractivity contribution in [1.29, 1.82) is 0 Å². The van der Waals surface area contributed by atoms with E-state index in [0.29, 0.717) is 21.7 Å². The molecule has 0 radical (unpaired) electrons. The Balaban J connectivity index is 2.12. The molecule has 1 aliphatic rings. The molecule has 2 heterocycles. The summed E-state index contributed by atoms with van der Waals surface area (Å²) in [7, 11) is 0. The SMILES string of the molecule is C=C1c2ccccc2C(=O)N1c1cccc(Br)n1. The van der Waals surface area contributed by atoms with E-state index in [4.69, 9.17) is 0 Å². The number of carbonyl (C=O) groups is 1. The highest BCUT2D eigenvalue weighted by atomic mass is 79.9. The number of aromatic nitrogens is 1. The maximum Gasteiger partial charge on any atom is 0.264 e. The number of pyridine rings is 1. The third kappa shape index (κ3) is 1.57. The van der Waals surface area contributed by atoms with Crippen LogP contribution in [-0.2, 0) is 0 Å². The van der Waals surface area contributed by atoms with Crippen LogP contribution >= 0.6 is 15.9 Å². The summed E-state index contributed by atoms with van der Waals surface area (Å²) in [5.41, 5.74) is 2.20. The molecule has 1 aliphatic heterocycles. The van der Waals surface area contributed by atoms with Gasteiger partial charge in [-0.3, -0.25) is 9.69 Å². The van der Waals surface area contributed by atoms with Crippen molar-refractivity contribution in [1.82, 2.24) is 4.98 Å². The Kier molecular flexibility index (Phi) is 2.52. The van der Waals surface area contributed by atoms with Crippen LogP contribution < -0.4 is 4.90 Å². The van der Waals surface area contributed by atoms with E-state index >= 15 is 0 Å². The van der Waals surface area contributed by atoms with Crippen LogP contribution in [0.15, 0.2) is 53.6 Å². The largest absolute Gasteiger partial charge is 0.268 e. The summed E-state index contributed by atoms with van der Waals surface area (Å²) in [6, 6.07) is 12.9. The Bertz CT molecular complexity index is 631. The predicted molar refractivity (Wildman–Crippen MR) is 74.2 cm³/mol. The van der Waals surface area contributed by atoms with Gasteiger partial charge in [0.05, 0.1) is 5.70 Å². The molecule has 3 nitrogen and oxygen atoms in total. The van der Waals surface area contributed by atoms with Crippen molar-refractivity contribution in [3.05, 3.63) is 64.8 Å². The summed E-state index contributed by atoms with van der Waals surface area (Å²) in [6.07, 6.45) is 0. The van der Waals surface area contributed by atoms with Crippen LogP contribution in [0, 0.1) is 0 Å². The molecule has 0 N–H and O–H groups in total. The molecular formula is C14H9BrN2O. The topological polar surface area (TPSA) is 33.2 Å². The number of anilines is 1. The van der Waals surface area contributed by atoms with E-state index in [1.807, 2.05) is 30.3 Å². The summed E-state index contributed by atoms with van der Waals surface area (Å²) in [5, 5.41) is 0. The molecule has 0 bridgehead atoms. The van der Waals surface area contributed by atoms with Gasteiger partial charge in [0.1, 0.15) is 10.4 Å². The first-order chi connectivity index (χ1) is 8.68. The van der Waals surface area contributed by atoms with E-state index in [9.17, 15) is 4.79 Å². The second kappa shape index (κ2) is 4.07. The van der Waals surface area contributed by atoms with Crippen molar-refractivity contribution >= 4 is 33.4 Å². The highest BCUT2D eigenvalue weighted by molar-refractivity contribution is 9.10. The Morgan fingerprint density at radius 1 is 1.06 bits per heavy atom. The lowest BCUT2D eigenvalue weighted by atomic mass is 10.1. The Morgan fingerprint density at radius 3 is 2.44 bits per heavy atom. The molecule has 1 amide bonds. The van der Waals surface area contributed by atoms with Crippen molar-refractivity contribution in [2.45, 2.75) is 0 Å². The van der Waals surface area contributed by atoms with Crippen molar-refractivity contribution in [3.8, 4) is 0 Å². The molecule has 0 aliphatic carbocycles. The van der Waals surface area contributed by atoms with E-state index in [0.717, 1.165) is 5.56 Å². The second-order valence-corrected chi connectivity index (χ2v) is 4.76. The summed E-state index contributed by atoms with van der Waals surface area (Å²) in [4.78, 5) is 18.2. The zero-order valence-electron chi connectivity index (χ0n) is 9.43. The van der Waals surface area contributed by atoms with Crippen LogP contribution in [0.3, 0.4) is 0 Å². The molecule has 88 valence electrons. The molecule has 0 fully saturated rings. The van der Waals surface area contributed by atoms with Gasteiger partial charge in [0.25, 0.3) is 5.91 Å². The fourth-order valence-electron chi connectivity index (χ4n) is 2.05. The molecule has 0 unspecified atom stereocenters. The first kappa shape index (κ1) is 11.2. The number of halogens is 1. The standard InChI is InChI=1S/C14H9BrN2O/c1-9-10-5-2-3-6-11(10)14(18)17(9)13-8-4-7-12(15)16-13/h2-8H,1H2. The highest BCUT2D eigenvalue weighted by Gasteiger charge is 2.32. The number of nitrogens with zero attached hydrogens (tertiary/aromatic N) is 2. The molecular weight excluding hydrogens is 292 g/mol. The highest BCUT2D eigenvalue weighted by Crippen LogP contribution is 2.34. The second-order valence-electron chi connectivity index (χ2n) is 3.95. The van der Waals surface area contributed by atoms with E-state index in [1.54, 1.807) is 12.1 Å². The van der Waals surface area contributed by atoms with Crippen molar-refractivity contribution < 1.29 is 4.79 Å². The number of fused-ring (bicyclic) bond motifs is 1. The van der Waals surface area contributed by atoms with Gasteiger partial charge in [0, 0.05) is 11.1 Å². The number of hydrogen-bond acceptors (Lipinski definition) is 2. The fourth-order valence-corrected chi connectivity index (χ4v) is 2.38. The molecule has 2 aromatic rings. The van der Waals surface area contributed by atoms with Crippen molar-refractivity contribution in [2.75, 3.05) is 4.90 Å².